The van der Waals surface area contributed by atoms with Crippen LogP contribution in [0.2, 0.25) is 0 Å². The number of amides is 2. The molecule has 2 amide bonds. The fourth-order valence-corrected chi connectivity index (χ4v) is 5.45. The highest BCUT2D eigenvalue weighted by molar-refractivity contribution is 6.04. The smallest absolute Gasteiger partial charge is 0.224 e. The lowest BCUT2D eigenvalue weighted by atomic mass is 9.94. The summed E-state index contributed by atoms with van der Waals surface area (Å²) in [5.74, 6) is -1.14. The van der Waals surface area contributed by atoms with Gasteiger partial charge in [0.1, 0.15) is 11.5 Å². The predicted octanol–water partition coefficient (Wildman–Crippen LogP) is 5.32. The van der Waals surface area contributed by atoms with Crippen LogP contribution in [0.1, 0.15) is 72.4 Å². The van der Waals surface area contributed by atoms with Crippen LogP contribution >= 0.6 is 0 Å². The molecule has 2 aromatic carbocycles. The molecular weight excluding hydrogens is 504 g/mol. The summed E-state index contributed by atoms with van der Waals surface area (Å²) in [6.07, 6.45) is 4.02. The molecule has 3 heterocycles. The molecular formula is C32H34N4O4. The molecule has 5 rings (SSSR count). The van der Waals surface area contributed by atoms with Gasteiger partial charge >= 0.3 is 0 Å². The van der Waals surface area contributed by atoms with Crippen molar-refractivity contribution in [3.63, 3.8) is 0 Å². The van der Waals surface area contributed by atoms with Gasteiger partial charge in [-0.2, -0.15) is 0 Å². The van der Waals surface area contributed by atoms with E-state index in [1.807, 2.05) is 78.7 Å². The Kier molecular flexibility index (Phi) is 8.34. The van der Waals surface area contributed by atoms with Gasteiger partial charge in [0, 0.05) is 43.8 Å². The van der Waals surface area contributed by atoms with Gasteiger partial charge in [0.15, 0.2) is 5.78 Å². The van der Waals surface area contributed by atoms with Crippen molar-refractivity contribution in [3.05, 3.63) is 95.5 Å². The molecule has 0 bridgehead atoms. The van der Waals surface area contributed by atoms with Crippen LogP contribution in [0.3, 0.4) is 0 Å². The summed E-state index contributed by atoms with van der Waals surface area (Å²) in [5.41, 5.74) is 4.25. The van der Waals surface area contributed by atoms with Crippen molar-refractivity contribution in [3.8, 4) is 0 Å². The van der Waals surface area contributed by atoms with E-state index in [1.54, 1.807) is 13.0 Å². The number of Topliss-reactive ketones (excluding diaryl/α,β-unsaturated/α-hetero) is 1. The van der Waals surface area contributed by atoms with Gasteiger partial charge in [0.25, 0.3) is 0 Å². The number of aromatic nitrogens is 1. The Balaban J connectivity index is 1.28. The molecule has 8 heteroatoms. The summed E-state index contributed by atoms with van der Waals surface area (Å²) in [6.45, 7) is 4.22. The summed E-state index contributed by atoms with van der Waals surface area (Å²) in [5, 5.41) is 6.84. The maximum Gasteiger partial charge on any atom is 0.224 e. The average molecular weight is 539 g/mol. The van der Waals surface area contributed by atoms with Gasteiger partial charge in [-0.1, -0.05) is 65.8 Å². The molecule has 40 heavy (non-hydrogen) atoms. The topological polar surface area (TPSA) is 105 Å². The number of hydrogen-bond acceptors (Lipinski definition) is 6. The Bertz CT molecular complexity index is 1430. The molecule has 3 atom stereocenters. The van der Waals surface area contributed by atoms with E-state index in [4.69, 9.17) is 4.52 Å². The lowest BCUT2D eigenvalue weighted by Crippen LogP contribution is -2.43. The number of aryl methyl sites for hydroxylation is 1. The van der Waals surface area contributed by atoms with Crippen molar-refractivity contribution in [2.75, 3.05) is 6.54 Å². The van der Waals surface area contributed by atoms with Crippen LogP contribution in [0.25, 0.3) is 5.57 Å². The third-order valence-electron chi connectivity index (χ3n) is 7.66. The molecule has 1 saturated heterocycles. The standard InChI is InChI=1S/C32H34N4O4/c1-21-16-28(35-40-21)30(37)18-25(19-31(38)36-15-9-14-29(36)24-12-7-4-8-13-24)32(39)34-22(2)27-17-26(20-33-27)23-10-5-3-6-11-23/h3-8,10-13,16,20,22,25,29H,9,14-15,17-19H2,1-2H3,(H,34,39)/t22-,25-,29+/m0/s1. The Morgan fingerprint density at radius 2 is 1.77 bits per heavy atom. The van der Waals surface area contributed by atoms with Crippen LogP contribution in [0.5, 0.6) is 0 Å². The number of allylic oxidation sites excluding steroid dienone is 1. The number of hydrogen-bond donors (Lipinski definition) is 1. The molecule has 0 saturated carbocycles. The van der Waals surface area contributed by atoms with Crippen molar-refractivity contribution >= 4 is 28.9 Å². The number of likely N-dealkylation sites (tertiary alicyclic amines) is 1. The summed E-state index contributed by atoms with van der Waals surface area (Å²) < 4.78 is 5.06. The summed E-state index contributed by atoms with van der Waals surface area (Å²) in [6, 6.07) is 21.1. The maximum absolute atomic E-state index is 13.6. The van der Waals surface area contributed by atoms with Crippen LogP contribution in [0.15, 0.2) is 82.4 Å². The van der Waals surface area contributed by atoms with E-state index in [2.05, 4.69) is 15.5 Å². The molecule has 206 valence electrons. The molecule has 0 spiro atoms. The normalized spacial score (nSPS) is 18.1. The quantitative estimate of drug-likeness (QED) is 0.352. The van der Waals surface area contributed by atoms with E-state index in [0.29, 0.717) is 18.7 Å². The molecule has 1 N–H and O–H groups in total. The fourth-order valence-electron chi connectivity index (χ4n) is 5.45. The number of rotatable bonds is 10. The first-order chi connectivity index (χ1) is 19.4. The van der Waals surface area contributed by atoms with Crippen molar-refractivity contribution in [1.82, 2.24) is 15.4 Å². The van der Waals surface area contributed by atoms with Gasteiger partial charge in [-0.25, -0.2) is 0 Å². The van der Waals surface area contributed by atoms with Gasteiger partial charge in [-0.15, -0.1) is 0 Å². The number of aliphatic imine (C=N–C) groups is 1. The average Bonchev–Trinajstić information content (AvgIpc) is 3.74. The Labute approximate surface area is 234 Å². The van der Waals surface area contributed by atoms with Crippen LogP contribution < -0.4 is 5.32 Å². The minimum absolute atomic E-state index is 0.0273. The van der Waals surface area contributed by atoms with Gasteiger partial charge in [-0.3, -0.25) is 19.4 Å². The second-order valence-electron chi connectivity index (χ2n) is 10.6. The predicted molar refractivity (Wildman–Crippen MR) is 153 cm³/mol. The molecule has 2 aliphatic heterocycles. The number of nitrogens with one attached hydrogen (secondary N) is 1. The first-order valence-corrected chi connectivity index (χ1v) is 13.8. The molecule has 2 aliphatic rings. The van der Waals surface area contributed by atoms with Crippen LogP contribution in [-0.4, -0.2) is 46.0 Å². The first kappa shape index (κ1) is 27.2. The van der Waals surface area contributed by atoms with Gasteiger partial charge < -0.3 is 14.7 Å². The largest absolute Gasteiger partial charge is 0.361 e. The van der Waals surface area contributed by atoms with Gasteiger partial charge in [-0.05, 0) is 43.4 Å². The Morgan fingerprint density at radius 1 is 1.05 bits per heavy atom. The number of carbonyl (C=O) groups excluding carboxylic acids is 3. The third-order valence-corrected chi connectivity index (χ3v) is 7.66. The van der Waals surface area contributed by atoms with Crippen LogP contribution in [0.4, 0.5) is 0 Å². The lowest BCUT2D eigenvalue weighted by Gasteiger charge is -2.27. The SMILES string of the molecule is Cc1cc(C(=O)C[C@@H](CC(=O)N2CCC[C@@H]2c2ccccc2)C(=O)N[C@@H](C)C2=NC=C(c3ccccc3)C2)no1. The molecule has 0 radical (unpaired) electrons. The van der Waals surface area contributed by atoms with E-state index in [1.165, 1.54) is 0 Å². The molecule has 1 aromatic heterocycles. The number of benzene rings is 2. The Hall–Kier alpha value is -4.33. The minimum atomic E-state index is -0.847. The van der Waals surface area contributed by atoms with Crippen molar-refractivity contribution < 1.29 is 18.9 Å². The zero-order valence-electron chi connectivity index (χ0n) is 22.9. The van der Waals surface area contributed by atoms with E-state index in [-0.39, 0.29) is 48.2 Å². The maximum atomic E-state index is 13.6. The number of nitrogens with zero attached hydrogens (tertiary/aromatic N) is 3. The highest BCUT2D eigenvalue weighted by Crippen LogP contribution is 2.33. The summed E-state index contributed by atoms with van der Waals surface area (Å²) in [4.78, 5) is 46.6. The van der Waals surface area contributed by atoms with Gasteiger partial charge in [0.05, 0.1) is 18.0 Å². The van der Waals surface area contributed by atoms with E-state index in [9.17, 15) is 14.4 Å². The number of ketones is 1. The fraction of sp³-hybridized carbons (Fsp3) is 0.344. The molecule has 8 nitrogen and oxygen atoms in total. The molecule has 0 unspecified atom stereocenters. The van der Waals surface area contributed by atoms with Crippen LogP contribution in [-0.2, 0) is 9.59 Å². The minimum Gasteiger partial charge on any atom is -0.361 e. The monoisotopic (exact) mass is 538 g/mol. The highest BCUT2D eigenvalue weighted by Gasteiger charge is 2.34. The number of carbonyl (C=O) groups is 3. The highest BCUT2D eigenvalue weighted by atomic mass is 16.5. The second kappa shape index (κ2) is 12.2. The van der Waals surface area contributed by atoms with E-state index < -0.39 is 5.92 Å². The van der Waals surface area contributed by atoms with E-state index in [0.717, 1.165) is 35.3 Å². The zero-order valence-corrected chi connectivity index (χ0v) is 22.9. The van der Waals surface area contributed by atoms with Crippen LogP contribution in [0, 0.1) is 12.8 Å². The van der Waals surface area contributed by atoms with Crippen molar-refractivity contribution in [2.24, 2.45) is 10.9 Å². The lowest BCUT2D eigenvalue weighted by molar-refractivity contribution is -0.137. The summed E-state index contributed by atoms with van der Waals surface area (Å²) in [7, 11) is 0. The zero-order chi connectivity index (χ0) is 28.1. The molecule has 0 aliphatic carbocycles. The molecule has 1 fully saturated rings. The molecule has 3 aromatic rings. The van der Waals surface area contributed by atoms with Crippen molar-refractivity contribution in [2.45, 2.75) is 58.0 Å². The first-order valence-electron chi connectivity index (χ1n) is 13.8. The second-order valence-corrected chi connectivity index (χ2v) is 10.6. The van der Waals surface area contributed by atoms with E-state index >= 15 is 0 Å². The Morgan fingerprint density at radius 3 is 2.48 bits per heavy atom. The third kappa shape index (κ3) is 6.28. The van der Waals surface area contributed by atoms with Crippen molar-refractivity contribution in [1.29, 1.82) is 0 Å². The summed E-state index contributed by atoms with van der Waals surface area (Å²) >= 11 is 0. The van der Waals surface area contributed by atoms with Gasteiger partial charge in [0.2, 0.25) is 11.8 Å².